The van der Waals surface area contributed by atoms with E-state index in [2.05, 4.69) is 60.2 Å². The Labute approximate surface area is 129 Å². The van der Waals surface area contributed by atoms with E-state index < -0.39 is 0 Å². The zero-order valence-electron chi connectivity index (χ0n) is 12.3. The number of ether oxygens (including phenoxy) is 1. The molecule has 106 valence electrons. The zero-order chi connectivity index (χ0) is 14.7. The van der Waals surface area contributed by atoms with Crippen molar-refractivity contribution in [1.29, 1.82) is 0 Å². The number of nitrogens with one attached hydrogen (secondary N) is 1. The Balaban J connectivity index is 2.16. The van der Waals surface area contributed by atoms with Crippen LogP contribution in [0.5, 0.6) is 5.75 Å². The second-order valence-electron chi connectivity index (χ2n) is 5.06. The van der Waals surface area contributed by atoms with Crippen LogP contribution in [0.1, 0.15) is 29.7 Å². The number of halogens is 1. The van der Waals surface area contributed by atoms with E-state index in [1.54, 1.807) is 7.11 Å². The largest absolute Gasteiger partial charge is 0.496 e. The second kappa shape index (κ2) is 6.31. The third-order valence-corrected chi connectivity index (χ3v) is 4.19. The minimum Gasteiger partial charge on any atom is -0.496 e. The molecule has 0 radical (unpaired) electrons. The maximum Gasteiger partial charge on any atom is 0.133 e. The molecule has 2 nitrogen and oxygen atoms in total. The Kier molecular flexibility index (Phi) is 4.71. The van der Waals surface area contributed by atoms with Gasteiger partial charge in [-0.05, 0) is 71.6 Å². The van der Waals surface area contributed by atoms with E-state index >= 15 is 0 Å². The van der Waals surface area contributed by atoms with Crippen LogP contribution in [0, 0.1) is 13.8 Å². The first-order valence-electron chi connectivity index (χ1n) is 6.68. The first-order valence-corrected chi connectivity index (χ1v) is 7.48. The summed E-state index contributed by atoms with van der Waals surface area (Å²) >= 11 is 3.51. The van der Waals surface area contributed by atoms with E-state index in [4.69, 9.17) is 4.74 Å². The fourth-order valence-electron chi connectivity index (χ4n) is 2.12. The minimum atomic E-state index is 0.259. The number of rotatable bonds is 4. The number of methoxy groups -OCH3 is 1. The predicted octanol–water partition coefficient (Wildman–Crippen LogP) is 5.25. The van der Waals surface area contributed by atoms with Crippen LogP contribution in [0.15, 0.2) is 40.9 Å². The standard InChI is InChI=1S/C17H20BrNO/c1-11-5-6-14(9-12(11)2)13(3)19-15-7-8-17(20-4)16(18)10-15/h5-10,13,19H,1-4H3. The van der Waals surface area contributed by atoms with Crippen molar-refractivity contribution < 1.29 is 4.74 Å². The molecule has 0 spiro atoms. The summed E-state index contributed by atoms with van der Waals surface area (Å²) in [4.78, 5) is 0. The van der Waals surface area contributed by atoms with Crippen LogP contribution in [0.3, 0.4) is 0 Å². The molecule has 2 aromatic carbocycles. The first-order chi connectivity index (χ1) is 9.51. The van der Waals surface area contributed by atoms with Crippen LogP contribution < -0.4 is 10.1 Å². The number of benzene rings is 2. The number of hydrogen-bond acceptors (Lipinski definition) is 2. The first kappa shape index (κ1) is 14.9. The third kappa shape index (κ3) is 3.34. The molecule has 0 saturated carbocycles. The third-order valence-electron chi connectivity index (χ3n) is 3.57. The van der Waals surface area contributed by atoms with Crippen LogP contribution in [-0.2, 0) is 0 Å². The van der Waals surface area contributed by atoms with E-state index in [1.165, 1.54) is 16.7 Å². The molecule has 0 bridgehead atoms. The van der Waals surface area contributed by atoms with Crippen molar-refractivity contribution in [3.8, 4) is 5.75 Å². The molecule has 3 heteroatoms. The summed E-state index contributed by atoms with van der Waals surface area (Å²) in [6.07, 6.45) is 0. The van der Waals surface area contributed by atoms with Gasteiger partial charge in [0.25, 0.3) is 0 Å². The van der Waals surface area contributed by atoms with Crippen LogP contribution >= 0.6 is 15.9 Å². The van der Waals surface area contributed by atoms with Gasteiger partial charge in [0.15, 0.2) is 0 Å². The molecule has 1 N–H and O–H groups in total. The van der Waals surface area contributed by atoms with Gasteiger partial charge in [-0.3, -0.25) is 0 Å². The van der Waals surface area contributed by atoms with Gasteiger partial charge in [0.2, 0.25) is 0 Å². The second-order valence-corrected chi connectivity index (χ2v) is 5.91. The summed E-state index contributed by atoms with van der Waals surface area (Å²) in [6, 6.07) is 12.9. The monoisotopic (exact) mass is 333 g/mol. The summed E-state index contributed by atoms with van der Waals surface area (Å²) in [5, 5.41) is 3.51. The highest BCUT2D eigenvalue weighted by atomic mass is 79.9. The van der Waals surface area contributed by atoms with E-state index in [9.17, 15) is 0 Å². The highest BCUT2D eigenvalue weighted by Crippen LogP contribution is 2.29. The molecule has 0 aliphatic heterocycles. The zero-order valence-corrected chi connectivity index (χ0v) is 13.9. The Morgan fingerprint density at radius 1 is 1.05 bits per heavy atom. The molecule has 0 fully saturated rings. The fourth-order valence-corrected chi connectivity index (χ4v) is 2.66. The van der Waals surface area contributed by atoms with Crippen molar-refractivity contribution in [2.45, 2.75) is 26.8 Å². The molecule has 20 heavy (non-hydrogen) atoms. The lowest BCUT2D eigenvalue weighted by Crippen LogP contribution is -2.07. The summed E-state index contributed by atoms with van der Waals surface area (Å²) in [5.74, 6) is 0.842. The molecule has 2 rings (SSSR count). The van der Waals surface area contributed by atoms with Crippen LogP contribution in [0.4, 0.5) is 5.69 Å². The van der Waals surface area contributed by atoms with Gasteiger partial charge in [0, 0.05) is 11.7 Å². The quantitative estimate of drug-likeness (QED) is 0.825. The van der Waals surface area contributed by atoms with Crippen LogP contribution in [0.25, 0.3) is 0 Å². The lowest BCUT2D eigenvalue weighted by molar-refractivity contribution is 0.412. The van der Waals surface area contributed by atoms with Crippen molar-refractivity contribution in [3.63, 3.8) is 0 Å². The summed E-state index contributed by atoms with van der Waals surface area (Å²) in [7, 11) is 1.67. The maximum atomic E-state index is 5.24. The molecule has 0 heterocycles. The number of anilines is 1. The fraction of sp³-hybridized carbons (Fsp3) is 0.294. The summed E-state index contributed by atoms with van der Waals surface area (Å²) in [5.41, 5.74) is 5.02. The van der Waals surface area contributed by atoms with Gasteiger partial charge in [-0.2, -0.15) is 0 Å². The molecule has 0 aromatic heterocycles. The lowest BCUT2D eigenvalue weighted by atomic mass is 10.0. The van der Waals surface area contributed by atoms with Crippen molar-refractivity contribution in [1.82, 2.24) is 0 Å². The smallest absolute Gasteiger partial charge is 0.133 e. The minimum absolute atomic E-state index is 0.259. The average Bonchev–Trinajstić information content (AvgIpc) is 2.42. The molecule has 2 aromatic rings. The Hall–Kier alpha value is -1.48. The van der Waals surface area contributed by atoms with Gasteiger partial charge in [0.05, 0.1) is 11.6 Å². The predicted molar refractivity (Wildman–Crippen MR) is 88.6 cm³/mol. The van der Waals surface area contributed by atoms with Crippen LogP contribution in [0.2, 0.25) is 0 Å². The SMILES string of the molecule is COc1ccc(NC(C)c2ccc(C)c(C)c2)cc1Br. The Morgan fingerprint density at radius 2 is 1.80 bits per heavy atom. The molecule has 0 aliphatic rings. The molecular weight excluding hydrogens is 314 g/mol. The number of hydrogen-bond donors (Lipinski definition) is 1. The van der Waals surface area contributed by atoms with Gasteiger partial charge in [-0.1, -0.05) is 18.2 Å². The van der Waals surface area contributed by atoms with Gasteiger partial charge in [-0.15, -0.1) is 0 Å². The van der Waals surface area contributed by atoms with E-state index in [1.807, 2.05) is 18.2 Å². The van der Waals surface area contributed by atoms with Crippen molar-refractivity contribution in [2.75, 3.05) is 12.4 Å². The van der Waals surface area contributed by atoms with Gasteiger partial charge < -0.3 is 10.1 Å². The van der Waals surface area contributed by atoms with Crippen molar-refractivity contribution in [3.05, 3.63) is 57.6 Å². The highest BCUT2D eigenvalue weighted by molar-refractivity contribution is 9.10. The topological polar surface area (TPSA) is 21.3 Å². The van der Waals surface area contributed by atoms with Gasteiger partial charge >= 0.3 is 0 Å². The summed E-state index contributed by atoms with van der Waals surface area (Å²) < 4.78 is 6.20. The molecule has 0 amide bonds. The normalized spacial score (nSPS) is 12.1. The van der Waals surface area contributed by atoms with Crippen LogP contribution in [-0.4, -0.2) is 7.11 Å². The summed E-state index contributed by atoms with van der Waals surface area (Å²) in [6.45, 7) is 6.45. The number of aryl methyl sites for hydroxylation is 2. The molecule has 0 aliphatic carbocycles. The van der Waals surface area contributed by atoms with Gasteiger partial charge in [0.1, 0.15) is 5.75 Å². The van der Waals surface area contributed by atoms with E-state index in [-0.39, 0.29) is 6.04 Å². The van der Waals surface area contributed by atoms with Gasteiger partial charge in [-0.25, -0.2) is 0 Å². The van der Waals surface area contributed by atoms with Crippen molar-refractivity contribution >= 4 is 21.6 Å². The lowest BCUT2D eigenvalue weighted by Gasteiger charge is -2.17. The molecular formula is C17H20BrNO. The van der Waals surface area contributed by atoms with E-state index in [0.717, 1.165) is 15.9 Å². The highest BCUT2D eigenvalue weighted by Gasteiger charge is 2.08. The van der Waals surface area contributed by atoms with Crippen molar-refractivity contribution in [2.24, 2.45) is 0 Å². The molecule has 1 atom stereocenters. The Bertz CT molecular complexity index is 610. The molecule has 0 saturated heterocycles. The molecule has 1 unspecified atom stereocenters. The maximum absolute atomic E-state index is 5.24. The Morgan fingerprint density at radius 3 is 2.40 bits per heavy atom. The average molecular weight is 334 g/mol. The van der Waals surface area contributed by atoms with E-state index in [0.29, 0.717) is 0 Å².